The van der Waals surface area contributed by atoms with Crippen LogP contribution in [0.4, 0.5) is 0 Å². The van der Waals surface area contributed by atoms with Crippen LogP contribution in [0, 0.1) is 0 Å². The lowest BCUT2D eigenvalue weighted by Crippen LogP contribution is -2.24. The second-order valence-corrected chi connectivity index (χ2v) is 5.22. The van der Waals surface area contributed by atoms with Gasteiger partial charge in [0.2, 0.25) is 0 Å². The van der Waals surface area contributed by atoms with Gasteiger partial charge >= 0.3 is 0 Å². The molecule has 0 aliphatic carbocycles. The number of aliphatic hydroxyl groups is 1. The highest BCUT2D eigenvalue weighted by molar-refractivity contribution is 5.80. The molecule has 3 rings (SSSR count). The van der Waals surface area contributed by atoms with E-state index in [4.69, 9.17) is 0 Å². The van der Waals surface area contributed by atoms with Crippen LogP contribution in [0.3, 0.4) is 0 Å². The average molecular weight is 251 g/mol. The van der Waals surface area contributed by atoms with E-state index in [-0.39, 0.29) is 0 Å². The molecule has 0 bridgehead atoms. The fraction of sp³-hybridized carbons (Fsp3) is 0.176. The van der Waals surface area contributed by atoms with Crippen molar-refractivity contribution in [2.75, 3.05) is 0 Å². The van der Waals surface area contributed by atoms with Gasteiger partial charge in [0.25, 0.3) is 0 Å². The molecule has 0 aliphatic heterocycles. The van der Waals surface area contributed by atoms with Gasteiger partial charge in [0.15, 0.2) is 0 Å². The third-order valence-electron chi connectivity index (χ3n) is 3.57. The van der Waals surface area contributed by atoms with Crippen LogP contribution in [0.5, 0.6) is 0 Å². The van der Waals surface area contributed by atoms with Crippen LogP contribution in [0.25, 0.3) is 10.9 Å². The Hall–Kier alpha value is -2.06. The SMILES string of the molecule is CC(O)(Cc1ccccc1)c1ccc2[nH]ccc2c1. The molecule has 1 heterocycles. The van der Waals surface area contributed by atoms with E-state index >= 15 is 0 Å². The van der Waals surface area contributed by atoms with Crippen molar-refractivity contribution in [3.05, 3.63) is 71.9 Å². The van der Waals surface area contributed by atoms with Crippen LogP contribution in [-0.2, 0) is 12.0 Å². The third-order valence-corrected chi connectivity index (χ3v) is 3.57. The Bertz CT molecular complexity index is 683. The first kappa shape index (κ1) is 12.0. The van der Waals surface area contributed by atoms with Crippen LogP contribution in [-0.4, -0.2) is 10.1 Å². The van der Waals surface area contributed by atoms with Crippen LogP contribution in [0.2, 0.25) is 0 Å². The predicted octanol–water partition coefficient (Wildman–Crippen LogP) is 3.62. The van der Waals surface area contributed by atoms with Gasteiger partial charge in [0.1, 0.15) is 0 Å². The van der Waals surface area contributed by atoms with Crippen LogP contribution >= 0.6 is 0 Å². The van der Waals surface area contributed by atoms with E-state index in [2.05, 4.69) is 11.1 Å². The van der Waals surface area contributed by atoms with Crippen molar-refractivity contribution in [3.8, 4) is 0 Å². The van der Waals surface area contributed by atoms with Crippen molar-refractivity contribution in [2.45, 2.75) is 18.9 Å². The quantitative estimate of drug-likeness (QED) is 0.732. The standard InChI is InChI=1S/C17H17NO/c1-17(19,12-13-5-3-2-4-6-13)15-7-8-16-14(11-15)9-10-18-16/h2-11,18-19H,12H2,1H3. The van der Waals surface area contributed by atoms with Gasteiger partial charge in [-0.15, -0.1) is 0 Å². The largest absolute Gasteiger partial charge is 0.385 e. The molecule has 0 spiro atoms. The Labute approximate surface area is 112 Å². The zero-order chi connectivity index (χ0) is 13.3. The van der Waals surface area contributed by atoms with Crippen LogP contribution in [0.1, 0.15) is 18.1 Å². The summed E-state index contributed by atoms with van der Waals surface area (Å²) < 4.78 is 0. The summed E-state index contributed by atoms with van der Waals surface area (Å²) in [5.74, 6) is 0. The number of H-pyrrole nitrogens is 1. The predicted molar refractivity (Wildman–Crippen MR) is 78.0 cm³/mol. The van der Waals surface area contributed by atoms with Crippen LogP contribution in [0.15, 0.2) is 60.8 Å². The normalized spacial score (nSPS) is 14.4. The number of benzene rings is 2. The van der Waals surface area contributed by atoms with Gasteiger partial charge in [-0.3, -0.25) is 0 Å². The molecular weight excluding hydrogens is 234 g/mol. The van der Waals surface area contributed by atoms with Crippen molar-refractivity contribution in [1.82, 2.24) is 4.98 Å². The number of nitrogens with one attached hydrogen (secondary N) is 1. The molecule has 1 unspecified atom stereocenters. The van der Waals surface area contributed by atoms with Crippen molar-refractivity contribution in [2.24, 2.45) is 0 Å². The maximum absolute atomic E-state index is 10.7. The summed E-state index contributed by atoms with van der Waals surface area (Å²) >= 11 is 0. The lowest BCUT2D eigenvalue weighted by atomic mass is 9.88. The molecule has 3 aromatic rings. The summed E-state index contributed by atoms with van der Waals surface area (Å²) in [6.45, 7) is 1.87. The zero-order valence-corrected chi connectivity index (χ0v) is 10.9. The number of hydrogen-bond donors (Lipinski definition) is 2. The molecule has 0 saturated heterocycles. The summed E-state index contributed by atoms with van der Waals surface area (Å²) in [5, 5.41) is 11.9. The molecule has 0 saturated carbocycles. The average Bonchev–Trinajstić information content (AvgIpc) is 2.86. The minimum atomic E-state index is -0.854. The van der Waals surface area contributed by atoms with E-state index in [0.717, 1.165) is 22.0 Å². The Morgan fingerprint density at radius 2 is 1.84 bits per heavy atom. The molecule has 2 nitrogen and oxygen atoms in total. The molecule has 19 heavy (non-hydrogen) atoms. The fourth-order valence-corrected chi connectivity index (χ4v) is 2.48. The topological polar surface area (TPSA) is 36.0 Å². The van der Waals surface area contributed by atoms with Crippen molar-refractivity contribution < 1.29 is 5.11 Å². The Balaban J connectivity index is 1.94. The number of aromatic nitrogens is 1. The number of fused-ring (bicyclic) bond motifs is 1. The molecule has 0 fully saturated rings. The highest BCUT2D eigenvalue weighted by Crippen LogP contribution is 2.27. The minimum Gasteiger partial charge on any atom is -0.385 e. The van der Waals surface area contributed by atoms with Gasteiger partial charge in [-0.05, 0) is 41.6 Å². The highest BCUT2D eigenvalue weighted by Gasteiger charge is 2.23. The fourth-order valence-electron chi connectivity index (χ4n) is 2.48. The Kier molecular flexibility index (Phi) is 2.88. The Morgan fingerprint density at radius 3 is 2.63 bits per heavy atom. The molecule has 0 amide bonds. The lowest BCUT2D eigenvalue weighted by Gasteiger charge is -2.24. The number of rotatable bonds is 3. The van der Waals surface area contributed by atoms with Gasteiger partial charge in [0.05, 0.1) is 5.60 Å². The summed E-state index contributed by atoms with van der Waals surface area (Å²) in [5.41, 5.74) is 2.33. The van der Waals surface area contributed by atoms with Crippen molar-refractivity contribution in [3.63, 3.8) is 0 Å². The molecule has 2 aromatic carbocycles. The third kappa shape index (κ3) is 2.40. The first-order valence-corrected chi connectivity index (χ1v) is 6.49. The Morgan fingerprint density at radius 1 is 1.05 bits per heavy atom. The molecule has 1 atom stereocenters. The smallest absolute Gasteiger partial charge is 0.0908 e. The van der Waals surface area contributed by atoms with E-state index < -0.39 is 5.60 Å². The van der Waals surface area contributed by atoms with Crippen LogP contribution < -0.4 is 0 Å². The van der Waals surface area contributed by atoms with Crippen molar-refractivity contribution in [1.29, 1.82) is 0 Å². The first-order valence-electron chi connectivity index (χ1n) is 6.49. The number of aromatic amines is 1. The maximum Gasteiger partial charge on any atom is 0.0908 e. The van der Waals surface area contributed by atoms with Gasteiger partial charge < -0.3 is 10.1 Å². The molecule has 1 aromatic heterocycles. The molecular formula is C17H17NO. The zero-order valence-electron chi connectivity index (χ0n) is 10.9. The molecule has 2 heteroatoms. The van der Waals surface area contributed by atoms with E-state index in [0.29, 0.717) is 6.42 Å². The summed E-state index contributed by atoms with van der Waals surface area (Å²) in [4.78, 5) is 3.17. The maximum atomic E-state index is 10.7. The van der Waals surface area contributed by atoms with Gasteiger partial charge in [-0.25, -0.2) is 0 Å². The van der Waals surface area contributed by atoms with Gasteiger partial charge in [-0.1, -0.05) is 36.4 Å². The molecule has 0 aliphatic rings. The molecule has 0 radical (unpaired) electrons. The lowest BCUT2D eigenvalue weighted by molar-refractivity contribution is 0.0578. The summed E-state index contributed by atoms with van der Waals surface area (Å²) in [6, 6.07) is 18.2. The van der Waals surface area contributed by atoms with E-state index in [1.807, 2.05) is 61.7 Å². The highest BCUT2D eigenvalue weighted by atomic mass is 16.3. The second-order valence-electron chi connectivity index (χ2n) is 5.22. The van der Waals surface area contributed by atoms with E-state index in [1.54, 1.807) is 0 Å². The van der Waals surface area contributed by atoms with Gasteiger partial charge in [-0.2, -0.15) is 0 Å². The van der Waals surface area contributed by atoms with Crippen molar-refractivity contribution >= 4 is 10.9 Å². The van der Waals surface area contributed by atoms with Gasteiger partial charge in [0, 0.05) is 18.1 Å². The molecule has 2 N–H and O–H groups in total. The first-order chi connectivity index (χ1) is 9.15. The molecule has 96 valence electrons. The minimum absolute atomic E-state index is 0.615. The van der Waals surface area contributed by atoms with E-state index in [9.17, 15) is 5.11 Å². The second kappa shape index (κ2) is 4.56. The summed E-state index contributed by atoms with van der Waals surface area (Å²) in [7, 11) is 0. The summed E-state index contributed by atoms with van der Waals surface area (Å²) in [6.07, 6.45) is 2.53. The number of hydrogen-bond acceptors (Lipinski definition) is 1. The van der Waals surface area contributed by atoms with E-state index in [1.165, 1.54) is 0 Å². The monoisotopic (exact) mass is 251 g/mol.